The first-order chi connectivity index (χ1) is 8.52. The molecule has 96 valence electrons. The van der Waals surface area contributed by atoms with Crippen LogP contribution in [0.15, 0.2) is 18.2 Å². The molecule has 0 fully saturated rings. The Morgan fingerprint density at radius 1 is 1.33 bits per heavy atom. The van der Waals surface area contributed by atoms with Crippen molar-refractivity contribution in [1.82, 2.24) is 20.1 Å². The Balaban J connectivity index is 2.44. The maximum Gasteiger partial charge on any atom is 0.148 e. The van der Waals surface area contributed by atoms with E-state index in [0.29, 0.717) is 5.02 Å². The number of nitrogens with one attached hydrogen (secondary N) is 1. The fourth-order valence-corrected chi connectivity index (χ4v) is 2.15. The van der Waals surface area contributed by atoms with E-state index in [1.807, 2.05) is 33.0 Å². The number of nitrogens with zero attached hydrogens (tertiary/aromatic N) is 3. The minimum absolute atomic E-state index is 0.273. The van der Waals surface area contributed by atoms with Crippen molar-refractivity contribution in [2.45, 2.75) is 26.8 Å². The van der Waals surface area contributed by atoms with Crippen molar-refractivity contribution in [3.8, 4) is 5.69 Å². The monoisotopic (exact) mass is 264 g/mol. The second-order valence-corrected chi connectivity index (χ2v) is 4.75. The average Bonchev–Trinajstić information content (AvgIpc) is 2.67. The molecule has 0 radical (unpaired) electrons. The van der Waals surface area contributed by atoms with Crippen molar-refractivity contribution >= 4 is 11.6 Å². The fourth-order valence-electron chi connectivity index (χ4n) is 1.88. The summed E-state index contributed by atoms with van der Waals surface area (Å²) in [5.41, 5.74) is 2.02. The maximum atomic E-state index is 6.33. The van der Waals surface area contributed by atoms with Crippen LogP contribution in [-0.4, -0.2) is 21.8 Å². The van der Waals surface area contributed by atoms with E-state index in [1.54, 1.807) is 4.68 Å². The number of rotatable bonds is 3. The molecule has 0 aliphatic rings. The van der Waals surface area contributed by atoms with Gasteiger partial charge in [0.2, 0.25) is 0 Å². The predicted molar refractivity (Wildman–Crippen MR) is 73.3 cm³/mol. The molecule has 2 rings (SSSR count). The van der Waals surface area contributed by atoms with E-state index in [4.69, 9.17) is 11.6 Å². The standard InChI is InChI=1S/C13H17ClN4/c1-8(15-4)11-5-6-13(12(14)7-11)18-10(3)16-9(2)17-18/h5-8,15H,1-4H3. The summed E-state index contributed by atoms with van der Waals surface area (Å²) in [5, 5.41) is 8.21. The van der Waals surface area contributed by atoms with E-state index in [-0.39, 0.29) is 6.04 Å². The Morgan fingerprint density at radius 2 is 2.06 bits per heavy atom. The van der Waals surface area contributed by atoms with Crippen LogP contribution < -0.4 is 5.32 Å². The highest BCUT2D eigenvalue weighted by molar-refractivity contribution is 6.32. The topological polar surface area (TPSA) is 42.7 Å². The highest BCUT2D eigenvalue weighted by atomic mass is 35.5. The predicted octanol–water partition coefficient (Wildman–Crippen LogP) is 2.82. The van der Waals surface area contributed by atoms with Crippen molar-refractivity contribution in [3.05, 3.63) is 40.4 Å². The van der Waals surface area contributed by atoms with Crippen molar-refractivity contribution in [1.29, 1.82) is 0 Å². The summed E-state index contributed by atoms with van der Waals surface area (Å²) in [6.07, 6.45) is 0. The van der Waals surface area contributed by atoms with Crippen molar-refractivity contribution in [2.24, 2.45) is 0 Å². The molecule has 0 spiro atoms. The Kier molecular flexibility index (Phi) is 3.68. The first-order valence-corrected chi connectivity index (χ1v) is 6.28. The van der Waals surface area contributed by atoms with Gasteiger partial charge in [-0.15, -0.1) is 0 Å². The van der Waals surface area contributed by atoms with Crippen LogP contribution in [-0.2, 0) is 0 Å². The van der Waals surface area contributed by atoms with Crippen LogP contribution >= 0.6 is 11.6 Å². The van der Waals surface area contributed by atoms with E-state index in [0.717, 1.165) is 22.9 Å². The van der Waals surface area contributed by atoms with Crippen LogP contribution in [0.3, 0.4) is 0 Å². The first-order valence-electron chi connectivity index (χ1n) is 5.90. The Morgan fingerprint density at radius 3 is 2.56 bits per heavy atom. The summed E-state index contributed by atoms with van der Waals surface area (Å²) in [5.74, 6) is 1.58. The molecule has 1 aromatic carbocycles. The lowest BCUT2D eigenvalue weighted by Crippen LogP contribution is -2.12. The Bertz CT molecular complexity index is 562. The lowest BCUT2D eigenvalue weighted by molar-refractivity contribution is 0.652. The summed E-state index contributed by atoms with van der Waals surface area (Å²) in [4.78, 5) is 4.28. The number of hydrogen-bond donors (Lipinski definition) is 1. The largest absolute Gasteiger partial charge is 0.313 e. The van der Waals surface area contributed by atoms with Crippen LogP contribution in [0.25, 0.3) is 5.69 Å². The van der Waals surface area contributed by atoms with E-state index in [9.17, 15) is 0 Å². The minimum atomic E-state index is 0.273. The van der Waals surface area contributed by atoms with Crippen LogP contribution in [0, 0.1) is 13.8 Å². The van der Waals surface area contributed by atoms with Gasteiger partial charge in [-0.25, -0.2) is 9.67 Å². The van der Waals surface area contributed by atoms with E-state index >= 15 is 0 Å². The molecule has 1 unspecified atom stereocenters. The van der Waals surface area contributed by atoms with Gasteiger partial charge in [0, 0.05) is 6.04 Å². The molecule has 0 bridgehead atoms. The normalized spacial score (nSPS) is 12.7. The lowest BCUT2D eigenvalue weighted by Gasteiger charge is -2.13. The number of aryl methyl sites for hydroxylation is 2. The molecule has 1 heterocycles. The van der Waals surface area contributed by atoms with Gasteiger partial charge < -0.3 is 5.32 Å². The summed E-state index contributed by atoms with van der Waals surface area (Å²) in [7, 11) is 1.93. The molecular weight excluding hydrogens is 248 g/mol. The molecule has 1 atom stereocenters. The van der Waals surface area contributed by atoms with Crippen molar-refractivity contribution in [2.75, 3.05) is 7.05 Å². The van der Waals surface area contributed by atoms with Gasteiger partial charge >= 0.3 is 0 Å². The van der Waals surface area contributed by atoms with Gasteiger partial charge in [0.05, 0.1) is 10.7 Å². The molecule has 0 saturated heterocycles. The molecular formula is C13H17ClN4. The van der Waals surface area contributed by atoms with Gasteiger partial charge in [-0.3, -0.25) is 0 Å². The third-order valence-corrected chi connectivity index (χ3v) is 3.31. The zero-order valence-electron chi connectivity index (χ0n) is 11.0. The SMILES string of the molecule is CNC(C)c1ccc(-n2nc(C)nc2C)c(Cl)c1. The molecule has 0 aliphatic heterocycles. The van der Waals surface area contributed by atoms with Crippen LogP contribution in [0.5, 0.6) is 0 Å². The summed E-state index contributed by atoms with van der Waals surface area (Å²) in [6, 6.07) is 6.27. The highest BCUT2D eigenvalue weighted by Crippen LogP contribution is 2.25. The summed E-state index contributed by atoms with van der Waals surface area (Å²) in [6.45, 7) is 5.88. The smallest absolute Gasteiger partial charge is 0.148 e. The molecule has 1 N–H and O–H groups in total. The average molecular weight is 265 g/mol. The third-order valence-electron chi connectivity index (χ3n) is 3.01. The zero-order valence-corrected chi connectivity index (χ0v) is 11.8. The van der Waals surface area contributed by atoms with Gasteiger partial charge in [-0.1, -0.05) is 17.7 Å². The molecule has 2 aromatic rings. The van der Waals surface area contributed by atoms with Gasteiger partial charge in [-0.05, 0) is 45.5 Å². The van der Waals surface area contributed by atoms with E-state index in [1.165, 1.54) is 0 Å². The number of aromatic nitrogens is 3. The summed E-state index contributed by atoms with van der Waals surface area (Å²) >= 11 is 6.33. The molecule has 1 aromatic heterocycles. The van der Waals surface area contributed by atoms with Gasteiger partial charge in [0.15, 0.2) is 0 Å². The van der Waals surface area contributed by atoms with Gasteiger partial charge in [0.25, 0.3) is 0 Å². The number of benzene rings is 1. The van der Waals surface area contributed by atoms with E-state index < -0.39 is 0 Å². The molecule has 5 heteroatoms. The lowest BCUT2D eigenvalue weighted by atomic mass is 10.1. The van der Waals surface area contributed by atoms with Crippen molar-refractivity contribution in [3.63, 3.8) is 0 Å². The number of hydrogen-bond acceptors (Lipinski definition) is 3. The zero-order chi connectivity index (χ0) is 13.3. The van der Waals surface area contributed by atoms with Gasteiger partial charge in [0.1, 0.15) is 11.6 Å². The molecule has 0 saturated carbocycles. The molecule has 0 amide bonds. The fraction of sp³-hybridized carbons (Fsp3) is 0.385. The first kappa shape index (κ1) is 13.1. The minimum Gasteiger partial charge on any atom is -0.313 e. The quantitative estimate of drug-likeness (QED) is 0.927. The third kappa shape index (κ3) is 2.40. The molecule has 0 aliphatic carbocycles. The number of halogens is 1. The summed E-state index contributed by atoms with van der Waals surface area (Å²) < 4.78 is 1.77. The molecule has 18 heavy (non-hydrogen) atoms. The van der Waals surface area contributed by atoms with E-state index in [2.05, 4.69) is 28.4 Å². The van der Waals surface area contributed by atoms with Crippen LogP contribution in [0.4, 0.5) is 0 Å². The van der Waals surface area contributed by atoms with Crippen LogP contribution in [0.1, 0.15) is 30.2 Å². The Labute approximate surface area is 112 Å². The van der Waals surface area contributed by atoms with Gasteiger partial charge in [-0.2, -0.15) is 5.10 Å². The second-order valence-electron chi connectivity index (χ2n) is 4.34. The second kappa shape index (κ2) is 5.08. The van der Waals surface area contributed by atoms with Crippen LogP contribution in [0.2, 0.25) is 5.02 Å². The maximum absolute atomic E-state index is 6.33. The molecule has 4 nitrogen and oxygen atoms in total. The highest BCUT2D eigenvalue weighted by Gasteiger charge is 2.11. The Hall–Kier alpha value is -1.39. The van der Waals surface area contributed by atoms with Crippen molar-refractivity contribution < 1.29 is 0 Å².